The molecule has 2 aromatic rings. The topological polar surface area (TPSA) is 3.24 Å². The van der Waals surface area contributed by atoms with Gasteiger partial charge in [-0.2, -0.15) is 0 Å². The van der Waals surface area contributed by atoms with Crippen molar-refractivity contribution in [3.8, 4) is 0 Å². The van der Waals surface area contributed by atoms with Gasteiger partial charge in [0.2, 0.25) is 0 Å². The summed E-state index contributed by atoms with van der Waals surface area (Å²) in [5, 5.41) is 0.919. The Morgan fingerprint density at radius 2 is 1.91 bits per heavy atom. The third-order valence-electron chi connectivity index (χ3n) is 4.93. The van der Waals surface area contributed by atoms with Crippen LogP contribution in [0.1, 0.15) is 37.0 Å². The lowest BCUT2D eigenvalue weighted by atomic mass is 9.81. The second-order valence-electron chi connectivity index (χ2n) is 6.67. The summed E-state index contributed by atoms with van der Waals surface area (Å²) in [5.74, 6) is 0. The van der Waals surface area contributed by atoms with Gasteiger partial charge in [0.15, 0.2) is 0 Å². The van der Waals surface area contributed by atoms with Crippen LogP contribution in [0.25, 0.3) is 0 Å². The second-order valence-corrected chi connectivity index (χ2v) is 7.07. The lowest BCUT2D eigenvalue weighted by Crippen LogP contribution is -2.28. The van der Waals surface area contributed by atoms with Crippen molar-refractivity contribution in [1.29, 1.82) is 0 Å². The zero-order chi connectivity index (χ0) is 15.6. The molecule has 0 saturated carbocycles. The molecule has 3 rings (SSSR count). The van der Waals surface area contributed by atoms with E-state index in [1.54, 1.807) is 0 Å². The van der Waals surface area contributed by atoms with Gasteiger partial charge in [0.1, 0.15) is 0 Å². The molecule has 0 spiro atoms. The Bertz CT molecular complexity index is 637. The summed E-state index contributed by atoms with van der Waals surface area (Å²) in [4.78, 5) is 2.55. The number of likely N-dealkylation sites (tertiary alicyclic amines) is 1. The number of benzene rings is 2. The minimum Gasteiger partial charge on any atom is -0.298 e. The minimum atomic E-state index is 0.213. The first kappa shape index (κ1) is 15.6. The van der Waals surface area contributed by atoms with Crippen LogP contribution in [0.3, 0.4) is 0 Å². The van der Waals surface area contributed by atoms with Crippen LogP contribution in [0, 0.1) is 0 Å². The Morgan fingerprint density at radius 3 is 2.59 bits per heavy atom. The van der Waals surface area contributed by atoms with E-state index in [1.165, 1.54) is 23.1 Å². The maximum Gasteiger partial charge on any atom is 0.0440 e. The molecule has 1 heterocycles. The summed E-state index contributed by atoms with van der Waals surface area (Å²) in [5.41, 5.74) is 4.23. The molecule has 0 aliphatic carbocycles. The molecule has 0 radical (unpaired) electrons. The standard InChI is InChI=1S/C20H24ClN/c1-3-17-9-10-18(13-19(17)21)20(2)11-12-22(15-20)14-16-7-5-4-6-8-16/h4-10,13H,3,11-12,14-15H2,1-2H3. The van der Waals surface area contributed by atoms with Crippen molar-refractivity contribution >= 4 is 11.6 Å². The van der Waals surface area contributed by atoms with Gasteiger partial charge in [-0.15, -0.1) is 0 Å². The lowest BCUT2D eigenvalue weighted by Gasteiger charge is -2.26. The van der Waals surface area contributed by atoms with E-state index in [0.717, 1.165) is 31.1 Å². The first-order valence-electron chi connectivity index (χ1n) is 8.16. The third kappa shape index (κ3) is 3.21. The number of nitrogens with zero attached hydrogens (tertiary/aromatic N) is 1. The van der Waals surface area contributed by atoms with E-state index in [4.69, 9.17) is 11.6 Å². The van der Waals surface area contributed by atoms with Crippen LogP contribution in [0.2, 0.25) is 5.02 Å². The number of hydrogen-bond acceptors (Lipinski definition) is 1. The predicted octanol–water partition coefficient (Wildman–Crippen LogP) is 5.07. The summed E-state index contributed by atoms with van der Waals surface area (Å²) in [6, 6.07) is 17.4. The molecule has 1 saturated heterocycles. The van der Waals surface area contributed by atoms with Crippen molar-refractivity contribution in [2.45, 2.75) is 38.6 Å². The van der Waals surface area contributed by atoms with Crippen molar-refractivity contribution in [1.82, 2.24) is 4.90 Å². The van der Waals surface area contributed by atoms with Gasteiger partial charge in [0, 0.05) is 23.5 Å². The Labute approximate surface area is 138 Å². The maximum absolute atomic E-state index is 6.42. The van der Waals surface area contributed by atoms with Crippen LogP contribution in [-0.2, 0) is 18.4 Å². The van der Waals surface area contributed by atoms with Crippen molar-refractivity contribution < 1.29 is 0 Å². The molecule has 1 aliphatic rings. The monoisotopic (exact) mass is 313 g/mol. The Balaban J connectivity index is 1.74. The van der Waals surface area contributed by atoms with E-state index in [-0.39, 0.29) is 5.41 Å². The average Bonchev–Trinajstić information content (AvgIpc) is 2.90. The molecule has 1 fully saturated rings. The highest BCUT2D eigenvalue weighted by atomic mass is 35.5. The van der Waals surface area contributed by atoms with Crippen molar-refractivity contribution in [2.75, 3.05) is 13.1 Å². The van der Waals surface area contributed by atoms with Gasteiger partial charge in [-0.3, -0.25) is 4.90 Å². The zero-order valence-electron chi connectivity index (χ0n) is 13.5. The molecular formula is C20H24ClN. The van der Waals surface area contributed by atoms with Gasteiger partial charge in [0.25, 0.3) is 0 Å². The molecular weight excluding hydrogens is 290 g/mol. The van der Waals surface area contributed by atoms with Crippen LogP contribution in [0.5, 0.6) is 0 Å². The molecule has 1 aliphatic heterocycles. The van der Waals surface area contributed by atoms with Gasteiger partial charge in [-0.05, 0) is 42.1 Å². The quantitative estimate of drug-likeness (QED) is 0.762. The highest BCUT2D eigenvalue weighted by Crippen LogP contribution is 2.36. The van der Waals surface area contributed by atoms with E-state index in [1.807, 2.05) is 0 Å². The van der Waals surface area contributed by atoms with Gasteiger partial charge < -0.3 is 0 Å². The smallest absolute Gasteiger partial charge is 0.0440 e. The van der Waals surface area contributed by atoms with E-state index < -0.39 is 0 Å². The molecule has 116 valence electrons. The molecule has 1 unspecified atom stereocenters. The Morgan fingerprint density at radius 1 is 1.14 bits per heavy atom. The second kappa shape index (κ2) is 6.44. The first-order valence-corrected chi connectivity index (χ1v) is 8.54. The van der Waals surface area contributed by atoms with Crippen LogP contribution in [-0.4, -0.2) is 18.0 Å². The van der Waals surface area contributed by atoms with E-state index in [9.17, 15) is 0 Å². The number of aryl methyl sites for hydroxylation is 1. The van der Waals surface area contributed by atoms with Gasteiger partial charge in [0.05, 0.1) is 0 Å². The normalized spacial score (nSPS) is 22.1. The summed E-state index contributed by atoms with van der Waals surface area (Å²) in [6.45, 7) is 7.81. The Kier molecular flexibility index (Phi) is 4.56. The minimum absolute atomic E-state index is 0.213. The summed E-state index contributed by atoms with van der Waals surface area (Å²) in [7, 11) is 0. The Hall–Kier alpha value is -1.31. The van der Waals surface area contributed by atoms with Gasteiger partial charge in [-0.25, -0.2) is 0 Å². The molecule has 1 atom stereocenters. The van der Waals surface area contributed by atoms with Crippen LogP contribution < -0.4 is 0 Å². The van der Waals surface area contributed by atoms with E-state index in [0.29, 0.717) is 0 Å². The molecule has 0 amide bonds. The largest absolute Gasteiger partial charge is 0.298 e. The molecule has 2 heteroatoms. The average molecular weight is 314 g/mol. The fourth-order valence-electron chi connectivity index (χ4n) is 3.48. The molecule has 0 bridgehead atoms. The highest BCUT2D eigenvalue weighted by molar-refractivity contribution is 6.31. The number of rotatable bonds is 4. The fourth-order valence-corrected chi connectivity index (χ4v) is 3.79. The van der Waals surface area contributed by atoms with Crippen molar-refractivity contribution in [2.24, 2.45) is 0 Å². The zero-order valence-corrected chi connectivity index (χ0v) is 14.2. The van der Waals surface area contributed by atoms with Crippen molar-refractivity contribution in [3.05, 3.63) is 70.2 Å². The van der Waals surface area contributed by atoms with Gasteiger partial charge in [-0.1, -0.05) is 67.9 Å². The summed E-state index contributed by atoms with van der Waals surface area (Å²) >= 11 is 6.42. The number of hydrogen-bond donors (Lipinski definition) is 0. The third-order valence-corrected chi connectivity index (χ3v) is 5.28. The summed E-state index contributed by atoms with van der Waals surface area (Å²) < 4.78 is 0. The summed E-state index contributed by atoms with van der Waals surface area (Å²) in [6.07, 6.45) is 2.19. The van der Waals surface area contributed by atoms with Crippen LogP contribution in [0.4, 0.5) is 0 Å². The van der Waals surface area contributed by atoms with E-state index >= 15 is 0 Å². The molecule has 2 aromatic carbocycles. The molecule has 0 N–H and O–H groups in total. The van der Waals surface area contributed by atoms with Crippen LogP contribution in [0.15, 0.2) is 48.5 Å². The fraction of sp³-hybridized carbons (Fsp3) is 0.400. The maximum atomic E-state index is 6.42. The van der Waals surface area contributed by atoms with Crippen molar-refractivity contribution in [3.63, 3.8) is 0 Å². The highest BCUT2D eigenvalue weighted by Gasteiger charge is 2.35. The SMILES string of the molecule is CCc1ccc(C2(C)CCN(Cc3ccccc3)C2)cc1Cl. The van der Waals surface area contributed by atoms with Gasteiger partial charge >= 0.3 is 0 Å². The first-order chi connectivity index (χ1) is 10.6. The molecule has 0 aromatic heterocycles. The molecule has 22 heavy (non-hydrogen) atoms. The predicted molar refractivity (Wildman–Crippen MR) is 94.5 cm³/mol. The number of halogens is 1. The lowest BCUT2D eigenvalue weighted by molar-refractivity contribution is 0.309. The molecule has 1 nitrogen and oxygen atoms in total. The van der Waals surface area contributed by atoms with Crippen LogP contribution >= 0.6 is 11.6 Å². The van der Waals surface area contributed by atoms with E-state index in [2.05, 4.69) is 67.3 Å².